The third-order valence-electron chi connectivity index (χ3n) is 3.40. The Kier molecular flexibility index (Phi) is 3.79. The fourth-order valence-electron chi connectivity index (χ4n) is 2.22. The Balaban J connectivity index is 2.11. The summed E-state index contributed by atoms with van der Waals surface area (Å²) in [5.41, 5.74) is 7.88. The topological polar surface area (TPSA) is 43.8 Å². The van der Waals surface area contributed by atoms with E-state index in [4.69, 9.17) is 5.73 Å². The van der Waals surface area contributed by atoms with Gasteiger partial charge in [-0.15, -0.1) is 0 Å². The van der Waals surface area contributed by atoms with Crippen molar-refractivity contribution in [3.63, 3.8) is 0 Å². The van der Waals surface area contributed by atoms with Gasteiger partial charge < -0.3 is 10.3 Å². The van der Waals surface area contributed by atoms with E-state index in [0.717, 1.165) is 31.3 Å². The zero-order chi connectivity index (χ0) is 12.3. The van der Waals surface area contributed by atoms with E-state index in [9.17, 15) is 0 Å². The second-order valence-electron chi connectivity index (χ2n) is 4.80. The van der Waals surface area contributed by atoms with Crippen LogP contribution in [0.3, 0.4) is 0 Å². The first-order chi connectivity index (χ1) is 8.22. The first-order valence-corrected chi connectivity index (χ1v) is 6.32. The molecule has 2 rings (SSSR count). The molecular weight excluding hydrogens is 210 g/mol. The fourth-order valence-corrected chi connectivity index (χ4v) is 2.22. The van der Waals surface area contributed by atoms with E-state index in [1.165, 1.54) is 11.3 Å². The summed E-state index contributed by atoms with van der Waals surface area (Å²) < 4.78 is 2.20. The number of benzene rings is 1. The van der Waals surface area contributed by atoms with Gasteiger partial charge in [-0.05, 0) is 37.4 Å². The molecule has 0 saturated heterocycles. The van der Waals surface area contributed by atoms with Crippen molar-refractivity contribution in [1.29, 1.82) is 0 Å². The summed E-state index contributed by atoms with van der Waals surface area (Å²) >= 11 is 0. The molecule has 0 amide bonds. The highest BCUT2D eigenvalue weighted by atomic mass is 15.1. The quantitative estimate of drug-likeness (QED) is 0.859. The van der Waals surface area contributed by atoms with Crippen LogP contribution in [0.15, 0.2) is 24.3 Å². The van der Waals surface area contributed by atoms with Crippen molar-refractivity contribution < 1.29 is 0 Å². The summed E-state index contributed by atoms with van der Waals surface area (Å²) in [7, 11) is 2.10. The van der Waals surface area contributed by atoms with Gasteiger partial charge in [-0.3, -0.25) is 0 Å². The van der Waals surface area contributed by atoms with Crippen LogP contribution in [-0.4, -0.2) is 16.1 Å². The first-order valence-electron chi connectivity index (χ1n) is 6.32. The predicted octanol–water partition coefficient (Wildman–Crippen LogP) is 2.49. The smallest absolute Gasteiger partial charge is 0.109 e. The minimum atomic E-state index is 0.680. The van der Waals surface area contributed by atoms with Crippen LogP contribution in [-0.2, 0) is 13.5 Å². The van der Waals surface area contributed by atoms with Gasteiger partial charge in [0.25, 0.3) is 0 Å². The summed E-state index contributed by atoms with van der Waals surface area (Å²) in [6.07, 6.45) is 3.30. The van der Waals surface area contributed by atoms with Gasteiger partial charge >= 0.3 is 0 Å². The number of imidazole rings is 1. The molecule has 1 unspecified atom stereocenters. The average Bonchev–Trinajstić information content (AvgIpc) is 2.65. The number of aryl methyl sites for hydroxylation is 2. The third kappa shape index (κ3) is 2.67. The highest BCUT2D eigenvalue weighted by Gasteiger charge is 2.08. The molecule has 0 fully saturated rings. The van der Waals surface area contributed by atoms with Crippen molar-refractivity contribution >= 4 is 11.0 Å². The van der Waals surface area contributed by atoms with Gasteiger partial charge in [-0.1, -0.05) is 19.1 Å². The van der Waals surface area contributed by atoms with Crippen molar-refractivity contribution in [1.82, 2.24) is 9.55 Å². The number of nitrogens with two attached hydrogens (primary N) is 1. The van der Waals surface area contributed by atoms with Gasteiger partial charge in [0.15, 0.2) is 0 Å². The molecule has 0 bridgehead atoms. The summed E-state index contributed by atoms with van der Waals surface area (Å²) in [6.45, 7) is 3.04. The van der Waals surface area contributed by atoms with Crippen molar-refractivity contribution in [3.8, 4) is 0 Å². The van der Waals surface area contributed by atoms with E-state index in [0.29, 0.717) is 5.92 Å². The van der Waals surface area contributed by atoms with Gasteiger partial charge in [-0.2, -0.15) is 0 Å². The zero-order valence-electron chi connectivity index (χ0n) is 10.7. The molecule has 92 valence electrons. The summed E-state index contributed by atoms with van der Waals surface area (Å²) in [4.78, 5) is 4.68. The van der Waals surface area contributed by atoms with Crippen LogP contribution in [0, 0.1) is 5.92 Å². The predicted molar refractivity (Wildman–Crippen MR) is 71.9 cm³/mol. The highest BCUT2D eigenvalue weighted by molar-refractivity contribution is 5.75. The fraction of sp³-hybridized carbons (Fsp3) is 0.500. The molecule has 1 atom stereocenters. The number of hydrogen-bond donors (Lipinski definition) is 1. The second-order valence-corrected chi connectivity index (χ2v) is 4.80. The van der Waals surface area contributed by atoms with Gasteiger partial charge in [0.2, 0.25) is 0 Å². The van der Waals surface area contributed by atoms with Crippen molar-refractivity contribution in [2.75, 3.05) is 6.54 Å². The second kappa shape index (κ2) is 5.32. The maximum absolute atomic E-state index is 5.57. The number of nitrogens with zero attached hydrogens (tertiary/aromatic N) is 2. The highest BCUT2D eigenvalue weighted by Crippen LogP contribution is 2.17. The molecule has 1 aromatic carbocycles. The van der Waals surface area contributed by atoms with E-state index in [1.807, 2.05) is 6.07 Å². The van der Waals surface area contributed by atoms with Gasteiger partial charge in [0.05, 0.1) is 11.0 Å². The van der Waals surface area contributed by atoms with E-state index in [1.54, 1.807) is 0 Å². The van der Waals surface area contributed by atoms with Crippen LogP contribution < -0.4 is 5.73 Å². The standard InChI is InChI=1S/C14H21N3/c1-11(9-10-15)7-8-14-16-12-5-3-4-6-13(12)17(14)2/h3-6,11H,7-10,15H2,1-2H3. The average molecular weight is 231 g/mol. The maximum atomic E-state index is 5.57. The molecule has 2 N–H and O–H groups in total. The lowest BCUT2D eigenvalue weighted by atomic mass is 10.0. The summed E-state index contributed by atoms with van der Waals surface area (Å²) in [6, 6.07) is 8.29. The Bertz CT molecular complexity index is 487. The molecule has 1 heterocycles. The maximum Gasteiger partial charge on any atom is 0.109 e. The molecule has 2 aromatic rings. The van der Waals surface area contributed by atoms with Crippen LogP contribution in [0.4, 0.5) is 0 Å². The van der Waals surface area contributed by atoms with Crippen molar-refractivity contribution in [2.24, 2.45) is 18.7 Å². The van der Waals surface area contributed by atoms with Gasteiger partial charge in [0.1, 0.15) is 5.82 Å². The third-order valence-corrected chi connectivity index (χ3v) is 3.40. The Morgan fingerprint density at radius 2 is 2.06 bits per heavy atom. The molecule has 0 aliphatic rings. The summed E-state index contributed by atoms with van der Waals surface area (Å²) in [5, 5.41) is 0. The molecule has 3 heteroatoms. The minimum absolute atomic E-state index is 0.680. The van der Waals surface area contributed by atoms with E-state index < -0.39 is 0 Å². The van der Waals surface area contributed by atoms with Crippen LogP contribution in [0.25, 0.3) is 11.0 Å². The Morgan fingerprint density at radius 3 is 2.76 bits per heavy atom. The molecule has 0 aliphatic heterocycles. The van der Waals surface area contributed by atoms with E-state index >= 15 is 0 Å². The Hall–Kier alpha value is -1.35. The zero-order valence-corrected chi connectivity index (χ0v) is 10.7. The normalized spacial score (nSPS) is 13.1. The van der Waals surface area contributed by atoms with Crippen LogP contribution in [0.5, 0.6) is 0 Å². The minimum Gasteiger partial charge on any atom is -0.331 e. The lowest BCUT2D eigenvalue weighted by Gasteiger charge is -2.09. The molecule has 0 aliphatic carbocycles. The van der Waals surface area contributed by atoms with Crippen molar-refractivity contribution in [3.05, 3.63) is 30.1 Å². The number of fused-ring (bicyclic) bond motifs is 1. The van der Waals surface area contributed by atoms with Crippen LogP contribution in [0.2, 0.25) is 0 Å². The molecule has 0 radical (unpaired) electrons. The first kappa shape index (κ1) is 12.1. The number of hydrogen-bond acceptors (Lipinski definition) is 2. The van der Waals surface area contributed by atoms with E-state index in [-0.39, 0.29) is 0 Å². The molecule has 0 spiro atoms. The number of rotatable bonds is 5. The molecule has 17 heavy (non-hydrogen) atoms. The molecule has 3 nitrogen and oxygen atoms in total. The number of para-hydroxylation sites is 2. The largest absolute Gasteiger partial charge is 0.331 e. The Labute approximate surface area is 103 Å². The SMILES string of the molecule is CC(CCN)CCc1nc2ccccc2n1C. The lowest BCUT2D eigenvalue weighted by molar-refractivity contribution is 0.490. The molecule has 0 saturated carbocycles. The van der Waals surface area contributed by atoms with E-state index in [2.05, 4.69) is 41.7 Å². The van der Waals surface area contributed by atoms with Crippen LogP contribution >= 0.6 is 0 Å². The molecule has 1 aromatic heterocycles. The lowest BCUT2D eigenvalue weighted by Crippen LogP contribution is -2.08. The van der Waals surface area contributed by atoms with Crippen LogP contribution in [0.1, 0.15) is 25.6 Å². The molecular formula is C14H21N3. The van der Waals surface area contributed by atoms with Gasteiger partial charge in [-0.25, -0.2) is 4.98 Å². The van der Waals surface area contributed by atoms with Gasteiger partial charge in [0, 0.05) is 13.5 Å². The Morgan fingerprint density at radius 1 is 1.29 bits per heavy atom. The summed E-state index contributed by atoms with van der Waals surface area (Å²) in [5.74, 6) is 1.86. The van der Waals surface area contributed by atoms with Crippen molar-refractivity contribution in [2.45, 2.75) is 26.2 Å². The number of aromatic nitrogens is 2. The monoisotopic (exact) mass is 231 g/mol.